The van der Waals surface area contributed by atoms with E-state index in [1.165, 1.54) is 5.75 Å². The van der Waals surface area contributed by atoms with Crippen LogP contribution in [-0.4, -0.2) is 40.3 Å². The van der Waals surface area contributed by atoms with E-state index in [1.807, 2.05) is 41.7 Å². The fourth-order valence-electron chi connectivity index (χ4n) is 2.23. The fraction of sp³-hybridized carbons (Fsp3) is 0.571. The van der Waals surface area contributed by atoms with Gasteiger partial charge in [0.15, 0.2) is 0 Å². The number of thioether (sulfide) groups is 2. The molecule has 2 rings (SSSR count). The lowest BCUT2D eigenvalue weighted by Gasteiger charge is -2.31. The lowest BCUT2D eigenvalue weighted by Crippen LogP contribution is -2.36. The molecule has 1 heterocycles. The highest BCUT2D eigenvalue weighted by molar-refractivity contribution is 8.07. The Kier molecular flexibility index (Phi) is 5.27. The van der Waals surface area contributed by atoms with E-state index in [0.717, 1.165) is 17.1 Å². The molecule has 1 aromatic carbocycles. The maximum absolute atomic E-state index is 10.4. The Morgan fingerprint density at radius 2 is 2.17 bits per heavy atom. The van der Waals surface area contributed by atoms with Crippen LogP contribution in [0.25, 0.3) is 0 Å². The van der Waals surface area contributed by atoms with E-state index in [0.29, 0.717) is 16.9 Å². The van der Waals surface area contributed by atoms with Gasteiger partial charge in [-0.05, 0) is 24.1 Å². The molecule has 3 unspecified atom stereocenters. The molecule has 0 aromatic heterocycles. The summed E-state index contributed by atoms with van der Waals surface area (Å²) in [6, 6.07) is 7.97. The van der Waals surface area contributed by atoms with Crippen molar-refractivity contribution in [1.82, 2.24) is 0 Å². The summed E-state index contributed by atoms with van der Waals surface area (Å²) in [5, 5.41) is 11.3. The van der Waals surface area contributed by atoms with E-state index in [-0.39, 0.29) is 6.10 Å². The monoisotopic (exact) mass is 284 g/mol. The van der Waals surface area contributed by atoms with Crippen LogP contribution in [0.4, 0.5) is 0 Å². The molecule has 1 N–H and O–H groups in total. The van der Waals surface area contributed by atoms with Crippen molar-refractivity contribution in [3.05, 3.63) is 29.8 Å². The summed E-state index contributed by atoms with van der Waals surface area (Å²) in [7, 11) is 1.67. The van der Waals surface area contributed by atoms with E-state index in [9.17, 15) is 5.11 Å². The van der Waals surface area contributed by atoms with Gasteiger partial charge < -0.3 is 9.84 Å². The summed E-state index contributed by atoms with van der Waals surface area (Å²) in [6.07, 6.45) is 0.435. The second-order valence-corrected chi connectivity index (χ2v) is 7.31. The number of benzene rings is 1. The molecule has 100 valence electrons. The van der Waals surface area contributed by atoms with Crippen LogP contribution in [0.3, 0.4) is 0 Å². The number of hydrogen-bond donors (Lipinski definition) is 1. The summed E-state index contributed by atoms with van der Waals surface area (Å²) in [5.74, 6) is 3.21. The first-order valence-corrected chi connectivity index (χ1v) is 8.34. The summed E-state index contributed by atoms with van der Waals surface area (Å²) in [4.78, 5) is 0. The van der Waals surface area contributed by atoms with Gasteiger partial charge in [0.2, 0.25) is 0 Å². The van der Waals surface area contributed by atoms with Crippen LogP contribution >= 0.6 is 23.5 Å². The molecule has 1 fully saturated rings. The second-order valence-electron chi connectivity index (χ2n) is 4.53. The molecule has 2 nitrogen and oxygen atoms in total. The SMILES string of the molecule is COc1cccc(CC(O)C2SCCSC2C)c1. The third-order valence-corrected chi connectivity index (χ3v) is 6.43. The minimum Gasteiger partial charge on any atom is -0.497 e. The molecule has 0 amide bonds. The van der Waals surface area contributed by atoms with Gasteiger partial charge in [0, 0.05) is 22.0 Å². The smallest absolute Gasteiger partial charge is 0.119 e. The third kappa shape index (κ3) is 3.59. The highest BCUT2D eigenvalue weighted by Crippen LogP contribution is 2.34. The van der Waals surface area contributed by atoms with Gasteiger partial charge in [-0.25, -0.2) is 0 Å². The van der Waals surface area contributed by atoms with Crippen molar-refractivity contribution in [3.8, 4) is 5.75 Å². The van der Waals surface area contributed by atoms with E-state index in [1.54, 1.807) is 7.11 Å². The van der Waals surface area contributed by atoms with Crippen LogP contribution in [0.1, 0.15) is 12.5 Å². The molecule has 18 heavy (non-hydrogen) atoms. The molecule has 1 saturated heterocycles. The van der Waals surface area contributed by atoms with Gasteiger partial charge >= 0.3 is 0 Å². The second kappa shape index (κ2) is 6.73. The number of aliphatic hydroxyl groups is 1. The maximum Gasteiger partial charge on any atom is 0.119 e. The molecule has 1 aliphatic heterocycles. The summed E-state index contributed by atoms with van der Waals surface area (Å²) in [6.45, 7) is 2.22. The highest BCUT2D eigenvalue weighted by atomic mass is 32.2. The maximum atomic E-state index is 10.4. The number of ether oxygens (including phenoxy) is 1. The van der Waals surface area contributed by atoms with E-state index < -0.39 is 0 Å². The third-order valence-electron chi connectivity index (χ3n) is 3.20. The quantitative estimate of drug-likeness (QED) is 0.920. The molecule has 4 heteroatoms. The molecule has 0 spiro atoms. The van der Waals surface area contributed by atoms with Crippen molar-refractivity contribution in [3.63, 3.8) is 0 Å². The predicted molar refractivity (Wildman–Crippen MR) is 80.9 cm³/mol. The highest BCUT2D eigenvalue weighted by Gasteiger charge is 2.29. The van der Waals surface area contributed by atoms with E-state index in [4.69, 9.17) is 4.74 Å². The normalized spacial score (nSPS) is 25.7. The van der Waals surface area contributed by atoms with Gasteiger partial charge in [0.25, 0.3) is 0 Å². The largest absolute Gasteiger partial charge is 0.497 e. The van der Waals surface area contributed by atoms with E-state index in [2.05, 4.69) is 13.0 Å². The van der Waals surface area contributed by atoms with Crippen molar-refractivity contribution in [1.29, 1.82) is 0 Å². The topological polar surface area (TPSA) is 29.5 Å². The zero-order valence-corrected chi connectivity index (χ0v) is 12.5. The molecule has 0 saturated carbocycles. The van der Waals surface area contributed by atoms with Crippen molar-refractivity contribution in [2.45, 2.75) is 29.9 Å². The molecular weight excluding hydrogens is 264 g/mol. The van der Waals surface area contributed by atoms with Gasteiger partial charge in [-0.2, -0.15) is 23.5 Å². The van der Waals surface area contributed by atoms with Crippen LogP contribution in [0.2, 0.25) is 0 Å². The van der Waals surface area contributed by atoms with Gasteiger partial charge in [-0.15, -0.1) is 0 Å². The zero-order chi connectivity index (χ0) is 13.0. The van der Waals surface area contributed by atoms with Crippen LogP contribution in [0, 0.1) is 0 Å². The van der Waals surface area contributed by atoms with Gasteiger partial charge in [0.1, 0.15) is 5.75 Å². The molecule has 0 radical (unpaired) electrons. The first-order chi connectivity index (χ1) is 8.70. The molecular formula is C14H20O2S2. The summed E-state index contributed by atoms with van der Waals surface area (Å²) in [5.41, 5.74) is 1.14. The van der Waals surface area contributed by atoms with Gasteiger partial charge in [-0.3, -0.25) is 0 Å². The predicted octanol–water partition coefficient (Wildman–Crippen LogP) is 2.84. The van der Waals surface area contributed by atoms with Crippen LogP contribution in [-0.2, 0) is 6.42 Å². The minimum absolute atomic E-state index is 0.273. The van der Waals surface area contributed by atoms with Crippen LogP contribution in [0.5, 0.6) is 5.75 Å². The minimum atomic E-state index is -0.273. The first kappa shape index (κ1) is 14.1. The summed E-state index contributed by atoms with van der Waals surface area (Å²) >= 11 is 3.87. The lowest BCUT2D eigenvalue weighted by atomic mass is 10.0. The van der Waals surface area contributed by atoms with Crippen LogP contribution < -0.4 is 4.74 Å². The van der Waals surface area contributed by atoms with Crippen molar-refractivity contribution >= 4 is 23.5 Å². The standard InChI is InChI=1S/C14H20O2S2/c1-10-14(18-7-6-17-10)13(15)9-11-4-3-5-12(8-11)16-2/h3-5,8,10,13-15H,6-7,9H2,1-2H3. The van der Waals surface area contributed by atoms with Crippen molar-refractivity contribution < 1.29 is 9.84 Å². The Morgan fingerprint density at radius 1 is 1.39 bits per heavy atom. The molecule has 3 atom stereocenters. The Morgan fingerprint density at radius 3 is 2.89 bits per heavy atom. The fourth-order valence-corrected chi connectivity index (χ4v) is 5.08. The number of methoxy groups -OCH3 is 1. The lowest BCUT2D eigenvalue weighted by molar-refractivity contribution is 0.171. The summed E-state index contributed by atoms with van der Waals surface area (Å²) < 4.78 is 5.21. The Bertz CT molecular complexity index is 384. The molecule has 1 aliphatic rings. The molecule has 0 aliphatic carbocycles. The average Bonchev–Trinajstić information content (AvgIpc) is 2.39. The zero-order valence-electron chi connectivity index (χ0n) is 10.8. The molecule has 0 bridgehead atoms. The van der Waals surface area contributed by atoms with Crippen LogP contribution in [0.15, 0.2) is 24.3 Å². The van der Waals surface area contributed by atoms with Gasteiger partial charge in [0.05, 0.1) is 13.2 Å². The van der Waals surface area contributed by atoms with Crippen molar-refractivity contribution in [2.75, 3.05) is 18.6 Å². The average molecular weight is 284 g/mol. The Hall–Kier alpha value is -0.320. The Labute approximate surface area is 117 Å². The number of aliphatic hydroxyl groups excluding tert-OH is 1. The Balaban J connectivity index is 1.98. The molecule has 1 aromatic rings. The van der Waals surface area contributed by atoms with Gasteiger partial charge in [-0.1, -0.05) is 19.1 Å². The number of rotatable bonds is 4. The first-order valence-electron chi connectivity index (χ1n) is 6.25. The van der Waals surface area contributed by atoms with Crippen molar-refractivity contribution in [2.24, 2.45) is 0 Å². The van der Waals surface area contributed by atoms with E-state index >= 15 is 0 Å². The number of hydrogen-bond acceptors (Lipinski definition) is 4.